The molecule has 2 nitrogen and oxygen atoms in total. The third kappa shape index (κ3) is 4.95. The number of nitrogens with zero attached hydrogens (tertiary/aromatic N) is 1. The van der Waals surface area contributed by atoms with Crippen molar-refractivity contribution in [1.29, 1.82) is 0 Å². The number of benzene rings is 2. The Morgan fingerprint density at radius 1 is 1.00 bits per heavy atom. The molecule has 1 atom stereocenters. The Labute approximate surface area is 146 Å². The molecule has 0 saturated heterocycles. The van der Waals surface area contributed by atoms with Crippen LogP contribution in [-0.2, 0) is 5.41 Å². The summed E-state index contributed by atoms with van der Waals surface area (Å²) in [6, 6.07) is 16.6. The highest BCUT2D eigenvalue weighted by atomic mass is 16.5. The summed E-state index contributed by atoms with van der Waals surface area (Å²) in [6.07, 6.45) is 4.28. The second kappa shape index (κ2) is 8.14. The lowest BCUT2D eigenvalue weighted by atomic mass is 9.82. The molecule has 2 aromatic carbocycles. The molecule has 0 amide bonds. The zero-order valence-electron chi connectivity index (χ0n) is 15.5. The van der Waals surface area contributed by atoms with E-state index in [1.54, 1.807) is 0 Å². The van der Waals surface area contributed by atoms with Gasteiger partial charge in [0.25, 0.3) is 0 Å². The van der Waals surface area contributed by atoms with Crippen LogP contribution < -0.4 is 4.74 Å². The van der Waals surface area contributed by atoms with Crippen LogP contribution in [0.4, 0.5) is 5.69 Å². The fraction of sp³-hybridized carbons (Fsp3) is 0.409. The molecule has 0 bridgehead atoms. The fourth-order valence-corrected chi connectivity index (χ4v) is 2.30. The van der Waals surface area contributed by atoms with E-state index in [2.05, 4.69) is 63.9 Å². The SMILES string of the molecule is CCC(C)Oc1ccc(C=Nc2ccc(C(C)(C)CC)cc2)cc1. The first-order valence-corrected chi connectivity index (χ1v) is 8.86. The Morgan fingerprint density at radius 2 is 1.62 bits per heavy atom. The summed E-state index contributed by atoms with van der Waals surface area (Å²) in [7, 11) is 0. The van der Waals surface area contributed by atoms with Crippen LogP contribution in [0.25, 0.3) is 0 Å². The van der Waals surface area contributed by atoms with E-state index in [0.717, 1.165) is 29.8 Å². The van der Waals surface area contributed by atoms with Crippen LogP contribution in [0.3, 0.4) is 0 Å². The molecule has 0 fully saturated rings. The predicted octanol–water partition coefficient (Wildman–Crippen LogP) is 6.30. The highest BCUT2D eigenvalue weighted by molar-refractivity contribution is 5.82. The second-order valence-electron chi connectivity index (χ2n) is 6.95. The van der Waals surface area contributed by atoms with Gasteiger partial charge in [0.2, 0.25) is 0 Å². The highest BCUT2D eigenvalue weighted by Gasteiger charge is 2.17. The van der Waals surface area contributed by atoms with Crippen molar-refractivity contribution in [2.45, 2.75) is 59.0 Å². The van der Waals surface area contributed by atoms with Crippen LogP contribution >= 0.6 is 0 Å². The third-order valence-electron chi connectivity index (χ3n) is 4.69. The van der Waals surface area contributed by atoms with Crippen molar-refractivity contribution in [3.05, 3.63) is 59.7 Å². The molecule has 0 radical (unpaired) electrons. The Morgan fingerprint density at radius 3 is 2.17 bits per heavy atom. The van der Waals surface area contributed by atoms with E-state index in [0.29, 0.717) is 0 Å². The maximum Gasteiger partial charge on any atom is 0.119 e. The molecule has 0 aliphatic heterocycles. The van der Waals surface area contributed by atoms with E-state index in [1.807, 2.05) is 30.5 Å². The Bertz CT molecular complexity index is 653. The van der Waals surface area contributed by atoms with Crippen molar-refractivity contribution in [2.24, 2.45) is 4.99 Å². The van der Waals surface area contributed by atoms with Gasteiger partial charge in [-0.25, -0.2) is 0 Å². The number of hydrogen-bond donors (Lipinski definition) is 0. The molecule has 24 heavy (non-hydrogen) atoms. The van der Waals surface area contributed by atoms with Gasteiger partial charge in [-0.15, -0.1) is 0 Å². The van der Waals surface area contributed by atoms with E-state index in [9.17, 15) is 0 Å². The smallest absolute Gasteiger partial charge is 0.119 e. The molecule has 128 valence electrons. The predicted molar refractivity (Wildman–Crippen MR) is 104 cm³/mol. The van der Waals surface area contributed by atoms with Gasteiger partial charge in [0.1, 0.15) is 5.75 Å². The van der Waals surface area contributed by atoms with Crippen LogP contribution in [0, 0.1) is 0 Å². The summed E-state index contributed by atoms with van der Waals surface area (Å²) >= 11 is 0. The van der Waals surface area contributed by atoms with Gasteiger partial charge >= 0.3 is 0 Å². The van der Waals surface area contributed by atoms with Crippen molar-refractivity contribution < 1.29 is 4.74 Å². The summed E-state index contributed by atoms with van der Waals surface area (Å²) in [4.78, 5) is 4.57. The largest absolute Gasteiger partial charge is 0.491 e. The maximum atomic E-state index is 5.79. The van der Waals surface area contributed by atoms with Crippen molar-refractivity contribution >= 4 is 11.9 Å². The van der Waals surface area contributed by atoms with E-state index >= 15 is 0 Å². The summed E-state index contributed by atoms with van der Waals surface area (Å²) in [5.74, 6) is 0.910. The molecule has 2 aromatic rings. The third-order valence-corrected chi connectivity index (χ3v) is 4.69. The first-order valence-electron chi connectivity index (χ1n) is 8.86. The highest BCUT2D eigenvalue weighted by Crippen LogP contribution is 2.28. The van der Waals surface area contributed by atoms with Gasteiger partial charge in [0, 0.05) is 6.21 Å². The standard InChI is InChI=1S/C22H29NO/c1-6-17(3)24-21-14-8-18(9-15-21)16-23-20-12-10-19(11-13-20)22(4,5)7-2/h8-17H,6-7H2,1-5H3. The Kier molecular flexibility index (Phi) is 6.19. The lowest BCUT2D eigenvalue weighted by Gasteiger charge is -2.23. The number of rotatable bonds is 7. The first-order chi connectivity index (χ1) is 11.4. The minimum atomic E-state index is 0.216. The Balaban J connectivity index is 2.03. The van der Waals surface area contributed by atoms with E-state index in [1.165, 1.54) is 5.56 Å². The van der Waals surface area contributed by atoms with Crippen LogP contribution in [0.5, 0.6) is 5.75 Å². The van der Waals surface area contributed by atoms with Crippen molar-refractivity contribution in [2.75, 3.05) is 0 Å². The zero-order valence-corrected chi connectivity index (χ0v) is 15.5. The fourth-order valence-electron chi connectivity index (χ4n) is 2.30. The van der Waals surface area contributed by atoms with Gasteiger partial charge in [0.05, 0.1) is 11.8 Å². The molecule has 0 saturated carbocycles. The summed E-state index contributed by atoms with van der Waals surface area (Å²) < 4.78 is 5.79. The molecule has 0 aromatic heterocycles. The van der Waals surface area contributed by atoms with Crippen LogP contribution in [0.15, 0.2) is 53.5 Å². The molecule has 0 spiro atoms. The van der Waals surface area contributed by atoms with Crippen LogP contribution in [-0.4, -0.2) is 12.3 Å². The molecule has 0 N–H and O–H groups in total. The number of ether oxygens (including phenoxy) is 1. The van der Waals surface area contributed by atoms with Crippen molar-refractivity contribution in [3.8, 4) is 5.75 Å². The van der Waals surface area contributed by atoms with Gasteiger partial charge in [0.15, 0.2) is 0 Å². The van der Waals surface area contributed by atoms with Gasteiger partial charge in [-0.05, 0) is 72.7 Å². The number of aliphatic imine (C=N–C) groups is 1. The summed E-state index contributed by atoms with van der Waals surface area (Å²) in [5.41, 5.74) is 3.62. The monoisotopic (exact) mass is 323 g/mol. The van der Waals surface area contributed by atoms with Gasteiger partial charge < -0.3 is 4.74 Å². The second-order valence-corrected chi connectivity index (χ2v) is 6.95. The molecule has 1 unspecified atom stereocenters. The minimum Gasteiger partial charge on any atom is -0.491 e. The van der Waals surface area contributed by atoms with E-state index in [-0.39, 0.29) is 11.5 Å². The molecular weight excluding hydrogens is 294 g/mol. The molecule has 2 heteroatoms. The summed E-state index contributed by atoms with van der Waals surface area (Å²) in [5, 5.41) is 0. The average molecular weight is 323 g/mol. The van der Waals surface area contributed by atoms with E-state index < -0.39 is 0 Å². The van der Waals surface area contributed by atoms with Crippen molar-refractivity contribution in [1.82, 2.24) is 0 Å². The molecule has 0 aliphatic carbocycles. The maximum absolute atomic E-state index is 5.79. The van der Waals surface area contributed by atoms with Crippen LogP contribution in [0.1, 0.15) is 58.6 Å². The van der Waals surface area contributed by atoms with Gasteiger partial charge in [-0.2, -0.15) is 0 Å². The summed E-state index contributed by atoms with van der Waals surface area (Å²) in [6.45, 7) is 11.0. The topological polar surface area (TPSA) is 21.6 Å². The zero-order chi connectivity index (χ0) is 17.6. The van der Waals surface area contributed by atoms with E-state index in [4.69, 9.17) is 4.74 Å². The normalized spacial score (nSPS) is 13.2. The molecular formula is C22H29NO. The average Bonchev–Trinajstić information content (AvgIpc) is 2.61. The molecule has 0 aliphatic rings. The number of hydrogen-bond acceptors (Lipinski definition) is 2. The van der Waals surface area contributed by atoms with Crippen LogP contribution in [0.2, 0.25) is 0 Å². The Hall–Kier alpha value is -2.09. The molecule has 2 rings (SSSR count). The molecule has 0 heterocycles. The lowest BCUT2D eigenvalue weighted by molar-refractivity contribution is 0.217. The quantitative estimate of drug-likeness (QED) is 0.548. The lowest BCUT2D eigenvalue weighted by Crippen LogP contribution is -2.14. The van der Waals surface area contributed by atoms with Gasteiger partial charge in [-0.1, -0.05) is 39.8 Å². The van der Waals surface area contributed by atoms with Gasteiger partial charge in [-0.3, -0.25) is 4.99 Å². The first kappa shape index (κ1) is 18.3. The van der Waals surface area contributed by atoms with Crippen molar-refractivity contribution in [3.63, 3.8) is 0 Å². The minimum absolute atomic E-state index is 0.216.